The second kappa shape index (κ2) is 14.7. The number of benzene rings is 2. The number of aromatic hydroxyl groups is 2. The zero-order valence-corrected chi connectivity index (χ0v) is 25.2. The van der Waals surface area contributed by atoms with Gasteiger partial charge in [-0.15, -0.1) is 0 Å². The minimum Gasteiger partial charge on any atom is -0.508 e. The van der Waals surface area contributed by atoms with Crippen LogP contribution in [0.15, 0.2) is 36.4 Å². The summed E-state index contributed by atoms with van der Waals surface area (Å²) in [5.41, 5.74) is 24.1. The van der Waals surface area contributed by atoms with Gasteiger partial charge < -0.3 is 54.4 Å². The van der Waals surface area contributed by atoms with Gasteiger partial charge in [-0.05, 0) is 86.1 Å². The first-order valence-electron chi connectivity index (χ1n) is 15.2. The lowest BCUT2D eigenvalue weighted by atomic mass is 9.95. The third-order valence-corrected chi connectivity index (χ3v) is 8.38. The van der Waals surface area contributed by atoms with Crippen molar-refractivity contribution in [3.05, 3.63) is 47.5 Å². The van der Waals surface area contributed by atoms with Crippen LogP contribution in [-0.2, 0) is 25.6 Å². The molecule has 5 atom stereocenters. The highest BCUT2D eigenvalue weighted by molar-refractivity contribution is 6.00. The Labute approximate surface area is 261 Å². The lowest BCUT2D eigenvalue weighted by molar-refractivity contribution is -0.134. The van der Waals surface area contributed by atoms with E-state index in [1.807, 2.05) is 0 Å². The molecule has 1 aliphatic heterocycles. The number of nitrogens with two attached hydrogens (primary N) is 4. The monoisotopic (exact) mass is 624 g/mol. The highest BCUT2D eigenvalue weighted by atomic mass is 16.3. The molecule has 1 heterocycles. The topological polar surface area (TPSA) is 261 Å². The van der Waals surface area contributed by atoms with Crippen LogP contribution in [0.25, 0.3) is 11.1 Å². The first-order valence-corrected chi connectivity index (χ1v) is 15.2. The first kappa shape index (κ1) is 33.6. The van der Waals surface area contributed by atoms with E-state index in [0.29, 0.717) is 41.6 Å². The molecule has 0 radical (unpaired) electrons. The molecule has 14 nitrogen and oxygen atoms in total. The van der Waals surface area contributed by atoms with E-state index in [4.69, 9.17) is 22.9 Å². The standard InChI is InChI=1S/C31H44N8O6/c32-9-1-3-20(34)15-36-27(42)16-37-30(45)31-14-22(31)21-12-18(6-8-26(21)41)17-5-7-25(40)19(11-17)13-23(35)28(43)38-24(4-2-10-33)29(44)39-31/h5-8,11-12,20,22-24,40-41H,1-4,9-10,13-16,32-35H2,(H,36,42)(H,37,45)(H,38,43)(H,39,44)/t20-,22?,23-,24-,31-/m0/s1. The van der Waals surface area contributed by atoms with E-state index in [9.17, 15) is 29.4 Å². The number of nitrogens with one attached hydrogen (secondary N) is 4. The minimum absolute atomic E-state index is 0.00334. The number of carbonyl (C=O) groups is 4. The summed E-state index contributed by atoms with van der Waals surface area (Å²) in [5.74, 6) is -3.09. The molecular weight excluding hydrogens is 580 g/mol. The molecule has 4 amide bonds. The fraction of sp³-hybridized carbons (Fsp3) is 0.484. The Morgan fingerprint density at radius 1 is 0.978 bits per heavy atom. The van der Waals surface area contributed by atoms with Crippen molar-refractivity contribution in [2.45, 2.75) is 68.1 Å². The van der Waals surface area contributed by atoms with Crippen molar-refractivity contribution in [2.24, 2.45) is 22.9 Å². The summed E-state index contributed by atoms with van der Waals surface area (Å²) in [6.45, 7) is 0.595. The first-order chi connectivity index (χ1) is 21.5. The van der Waals surface area contributed by atoms with Crippen molar-refractivity contribution in [1.82, 2.24) is 21.3 Å². The summed E-state index contributed by atoms with van der Waals surface area (Å²) >= 11 is 0. The summed E-state index contributed by atoms with van der Waals surface area (Å²) in [6, 6.07) is 7.37. The molecule has 1 unspecified atom stereocenters. The van der Waals surface area contributed by atoms with E-state index in [2.05, 4.69) is 21.3 Å². The van der Waals surface area contributed by atoms with Gasteiger partial charge in [0.15, 0.2) is 0 Å². The zero-order chi connectivity index (χ0) is 32.7. The highest BCUT2D eigenvalue weighted by Crippen LogP contribution is 2.54. The third kappa shape index (κ3) is 8.08. The second-order valence-corrected chi connectivity index (χ2v) is 11.8. The molecule has 4 bridgehead atoms. The largest absolute Gasteiger partial charge is 0.508 e. The third-order valence-electron chi connectivity index (χ3n) is 8.38. The summed E-state index contributed by atoms with van der Waals surface area (Å²) < 4.78 is 0. The van der Waals surface area contributed by atoms with Crippen LogP contribution in [0.3, 0.4) is 0 Å². The van der Waals surface area contributed by atoms with Crippen molar-refractivity contribution in [3.8, 4) is 22.6 Å². The highest BCUT2D eigenvalue weighted by Gasteiger charge is 2.62. The smallest absolute Gasteiger partial charge is 0.246 e. The number of rotatable bonds is 11. The van der Waals surface area contributed by atoms with Crippen LogP contribution in [0.2, 0.25) is 0 Å². The van der Waals surface area contributed by atoms with Crippen LogP contribution in [0.1, 0.15) is 49.1 Å². The number of amides is 4. The average molecular weight is 625 g/mol. The second-order valence-electron chi connectivity index (χ2n) is 11.8. The van der Waals surface area contributed by atoms with Gasteiger partial charge in [-0.2, -0.15) is 0 Å². The Hall–Kier alpha value is -4.24. The van der Waals surface area contributed by atoms with E-state index in [1.54, 1.807) is 24.3 Å². The molecule has 1 fully saturated rings. The van der Waals surface area contributed by atoms with Crippen molar-refractivity contribution in [3.63, 3.8) is 0 Å². The van der Waals surface area contributed by atoms with E-state index >= 15 is 0 Å². The van der Waals surface area contributed by atoms with Gasteiger partial charge in [-0.25, -0.2) is 0 Å². The maximum absolute atomic E-state index is 13.7. The van der Waals surface area contributed by atoms with Gasteiger partial charge in [0.2, 0.25) is 23.6 Å². The normalized spacial score (nSPS) is 23.3. The minimum atomic E-state index is -1.51. The average Bonchev–Trinajstić information content (AvgIpc) is 3.74. The Bertz CT molecular complexity index is 1420. The van der Waals surface area contributed by atoms with Gasteiger partial charge in [0.25, 0.3) is 0 Å². The molecule has 2 aromatic carbocycles. The summed E-state index contributed by atoms with van der Waals surface area (Å²) in [6.07, 6.45) is 2.06. The molecule has 244 valence electrons. The quantitative estimate of drug-likeness (QED) is 0.138. The van der Waals surface area contributed by atoms with E-state index in [0.717, 1.165) is 6.42 Å². The van der Waals surface area contributed by atoms with Gasteiger partial charge in [0.1, 0.15) is 23.1 Å². The zero-order valence-electron chi connectivity index (χ0n) is 25.2. The summed E-state index contributed by atoms with van der Waals surface area (Å²) in [7, 11) is 0. The Morgan fingerprint density at radius 2 is 1.67 bits per heavy atom. The predicted molar refractivity (Wildman–Crippen MR) is 168 cm³/mol. The molecular formula is C31H44N8O6. The molecule has 2 aliphatic rings. The molecule has 4 rings (SSSR count). The molecule has 2 aromatic rings. The molecule has 45 heavy (non-hydrogen) atoms. The lowest BCUT2D eigenvalue weighted by Crippen LogP contribution is -2.58. The van der Waals surface area contributed by atoms with Gasteiger partial charge in [-0.1, -0.05) is 12.1 Å². The van der Waals surface area contributed by atoms with Crippen LogP contribution in [0, 0.1) is 0 Å². The number of fused-ring (bicyclic) bond motifs is 7. The lowest BCUT2D eigenvalue weighted by Gasteiger charge is -2.25. The molecule has 14 N–H and O–H groups in total. The van der Waals surface area contributed by atoms with E-state index in [1.165, 1.54) is 12.1 Å². The Morgan fingerprint density at radius 3 is 2.38 bits per heavy atom. The molecule has 0 aromatic heterocycles. The van der Waals surface area contributed by atoms with Crippen molar-refractivity contribution < 1.29 is 29.4 Å². The molecule has 1 aliphatic carbocycles. The van der Waals surface area contributed by atoms with E-state index < -0.39 is 47.2 Å². The van der Waals surface area contributed by atoms with Crippen LogP contribution < -0.4 is 44.2 Å². The van der Waals surface area contributed by atoms with Crippen LogP contribution in [-0.4, -0.2) is 83.7 Å². The maximum Gasteiger partial charge on any atom is 0.246 e. The van der Waals surface area contributed by atoms with Gasteiger partial charge in [0, 0.05) is 30.5 Å². The maximum atomic E-state index is 13.7. The Kier molecular flexibility index (Phi) is 11.0. The fourth-order valence-corrected chi connectivity index (χ4v) is 5.64. The van der Waals surface area contributed by atoms with Gasteiger partial charge in [-0.3, -0.25) is 19.2 Å². The van der Waals surface area contributed by atoms with E-state index in [-0.39, 0.29) is 56.4 Å². The number of carbonyl (C=O) groups excluding carboxylic acids is 4. The number of hydrogen-bond acceptors (Lipinski definition) is 10. The molecule has 1 saturated carbocycles. The van der Waals surface area contributed by atoms with Crippen LogP contribution in [0.4, 0.5) is 0 Å². The number of hydrogen-bond donors (Lipinski definition) is 10. The summed E-state index contributed by atoms with van der Waals surface area (Å²) in [4.78, 5) is 53.1. The van der Waals surface area contributed by atoms with Crippen molar-refractivity contribution in [2.75, 3.05) is 26.2 Å². The van der Waals surface area contributed by atoms with Gasteiger partial charge >= 0.3 is 0 Å². The fourth-order valence-electron chi connectivity index (χ4n) is 5.64. The molecule has 14 heteroatoms. The SMILES string of the molecule is NCCC[C@H](N)CNC(=O)CNC(=O)[C@]12CC1c1cc(ccc1O)-c1ccc(O)c(c1)C[C@H](N)C(=O)N[C@@H](CCCN)C(=O)N2. The molecule has 0 spiro atoms. The Balaban J connectivity index is 1.65. The molecule has 0 saturated heterocycles. The van der Waals surface area contributed by atoms with Crippen LogP contribution in [0.5, 0.6) is 11.5 Å². The summed E-state index contributed by atoms with van der Waals surface area (Å²) in [5, 5.41) is 32.2. The predicted octanol–water partition coefficient (Wildman–Crippen LogP) is -1.49. The van der Waals surface area contributed by atoms with Crippen LogP contribution >= 0.6 is 0 Å². The van der Waals surface area contributed by atoms with Crippen molar-refractivity contribution in [1.29, 1.82) is 0 Å². The van der Waals surface area contributed by atoms with Gasteiger partial charge in [0.05, 0.1) is 12.6 Å². The van der Waals surface area contributed by atoms with Crippen molar-refractivity contribution >= 4 is 23.6 Å². The number of phenolic OH excluding ortho intramolecular Hbond substituents is 2. The number of phenols is 2.